The van der Waals surface area contributed by atoms with E-state index in [4.69, 9.17) is 25.2 Å². The van der Waals surface area contributed by atoms with Crippen LogP contribution in [0.2, 0.25) is 0 Å². The summed E-state index contributed by atoms with van der Waals surface area (Å²) in [5, 5.41) is 11.9. The number of nitrogens with zero attached hydrogens (tertiary/aromatic N) is 5. The Labute approximate surface area is 130 Å². The van der Waals surface area contributed by atoms with E-state index in [-0.39, 0.29) is 0 Å². The third kappa shape index (κ3) is 2.14. The summed E-state index contributed by atoms with van der Waals surface area (Å²) in [5.41, 5.74) is 6.84. The minimum absolute atomic E-state index is 0.292. The summed E-state index contributed by atoms with van der Waals surface area (Å²) in [5.74, 6) is -0.468. The Hall–Kier alpha value is -2.30. The molecule has 122 valence electrons. The minimum Gasteiger partial charge on any atom is -0.411 e. The molecule has 0 aliphatic carbocycles. The second-order valence-corrected chi connectivity index (χ2v) is 5.90. The van der Waals surface area contributed by atoms with Crippen LogP contribution in [0.1, 0.15) is 20.1 Å². The molecule has 4 atom stereocenters. The van der Waals surface area contributed by atoms with Crippen molar-refractivity contribution in [2.75, 3.05) is 5.73 Å². The lowest BCUT2D eigenvalue weighted by Gasteiger charge is -2.23. The summed E-state index contributed by atoms with van der Waals surface area (Å²) in [7, 11) is 0. The number of nitrogens with two attached hydrogens (primary N) is 1. The van der Waals surface area contributed by atoms with Crippen molar-refractivity contribution in [3.63, 3.8) is 0 Å². The van der Waals surface area contributed by atoms with Gasteiger partial charge < -0.3 is 25.2 Å². The lowest BCUT2D eigenvalue weighted by molar-refractivity contribution is -0.188. The highest BCUT2D eigenvalue weighted by atomic mass is 16.8. The predicted octanol–water partition coefficient (Wildman–Crippen LogP) is 0.286. The highest BCUT2D eigenvalue weighted by molar-refractivity contribution is 5.81. The standard InChI is InChI=1S/C13H16N6O4/c1-13(2)22-8-6(3-18-20)21-12(9(8)23-13)19-5-17-7-10(14)15-4-16-11(7)19/h3-6,8-9,12,20H,1-2H3,(H2,14,15,16)/b18-3-. The van der Waals surface area contributed by atoms with Crippen molar-refractivity contribution < 1.29 is 19.4 Å². The average Bonchev–Trinajstić information content (AvgIpc) is 3.13. The fourth-order valence-electron chi connectivity index (χ4n) is 3.07. The zero-order valence-electron chi connectivity index (χ0n) is 12.5. The summed E-state index contributed by atoms with van der Waals surface area (Å²) in [6.07, 6.45) is 2.34. The molecule has 0 bridgehead atoms. The number of hydrogen-bond acceptors (Lipinski definition) is 9. The van der Waals surface area contributed by atoms with Gasteiger partial charge in [-0.2, -0.15) is 0 Å². The van der Waals surface area contributed by atoms with Crippen molar-refractivity contribution >= 4 is 23.2 Å². The van der Waals surface area contributed by atoms with Crippen LogP contribution in [-0.2, 0) is 14.2 Å². The number of anilines is 1. The third-order valence-corrected chi connectivity index (χ3v) is 3.94. The molecule has 0 spiro atoms. The monoisotopic (exact) mass is 320 g/mol. The molecule has 4 unspecified atom stereocenters. The van der Waals surface area contributed by atoms with Crippen LogP contribution in [0.3, 0.4) is 0 Å². The molecule has 10 nitrogen and oxygen atoms in total. The number of imidazole rings is 1. The van der Waals surface area contributed by atoms with Gasteiger partial charge in [0.15, 0.2) is 23.5 Å². The first-order valence-electron chi connectivity index (χ1n) is 7.12. The lowest BCUT2D eigenvalue weighted by Crippen LogP contribution is -2.30. The van der Waals surface area contributed by atoms with E-state index in [1.807, 2.05) is 13.8 Å². The molecule has 0 saturated carbocycles. The summed E-state index contributed by atoms with van der Waals surface area (Å²) >= 11 is 0. The number of ether oxygens (including phenoxy) is 3. The van der Waals surface area contributed by atoms with Gasteiger partial charge in [-0.05, 0) is 13.8 Å². The van der Waals surface area contributed by atoms with Gasteiger partial charge in [0.1, 0.15) is 30.2 Å². The maximum Gasteiger partial charge on any atom is 0.167 e. The average molecular weight is 320 g/mol. The first-order valence-corrected chi connectivity index (χ1v) is 7.12. The number of rotatable bonds is 2. The van der Waals surface area contributed by atoms with Crippen LogP contribution in [0.15, 0.2) is 17.8 Å². The Morgan fingerprint density at radius 2 is 2.09 bits per heavy atom. The van der Waals surface area contributed by atoms with Crippen LogP contribution in [-0.4, -0.2) is 55.0 Å². The van der Waals surface area contributed by atoms with E-state index in [1.54, 1.807) is 10.9 Å². The number of hydrogen-bond donors (Lipinski definition) is 2. The quantitative estimate of drug-likeness (QED) is 0.458. The Morgan fingerprint density at radius 1 is 1.30 bits per heavy atom. The van der Waals surface area contributed by atoms with Gasteiger partial charge in [0.25, 0.3) is 0 Å². The van der Waals surface area contributed by atoms with E-state index >= 15 is 0 Å². The van der Waals surface area contributed by atoms with Gasteiger partial charge in [0, 0.05) is 0 Å². The molecule has 3 N–H and O–H groups in total. The molecular weight excluding hydrogens is 304 g/mol. The normalized spacial score (nSPS) is 32.8. The molecule has 2 fully saturated rings. The van der Waals surface area contributed by atoms with Crippen molar-refractivity contribution in [1.82, 2.24) is 19.5 Å². The van der Waals surface area contributed by atoms with Gasteiger partial charge >= 0.3 is 0 Å². The van der Waals surface area contributed by atoms with Crippen molar-refractivity contribution in [3.05, 3.63) is 12.7 Å². The summed E-state index contributed by atoms with van der Waals surface area (Å²) in [6.45, 7) is 3.64. The summed E-state index contributed by atoms with van der Waals surface area (Å²) in [4.78, 5) is 12.4. The third-order valence-electron chi connectivity index (χ3n) is 3.94. The van der Waals surface area contributed by atoms with Crippen molar-refractivity contribution in [3.8, 4) is 0 Å². The maximum atomic E-state index is 8.84. The van der Waals surface area contributed by atoms with Crippen molar-refractivity contribution in [2.24, 2.45) is 5.16 Å². The Morgan fingerprint density at radius 3 is 2.87 bits per heavy atom. The van der Waals surface area contributed by atoms with Crippen LogP contribution in [0, 0.1) is 0 Å². The Bertz CT molecular complexity index is 775. The second kappa shape index (κ2) is 4.85. The second-order valence-electron chi connectivity index (χ2n) is 5.90. The van der Waals surface area contributed by atoms with E-state index in [2.05, 4.69) is 20.1 Å². The van der Waals surface area contributed by atoms with Gasteiger partial charge in [0.05, 0.1) is 12.5 Å². The van der Waals surface area contributed by atoms with Crippen molar-refractivity contribution in [2.45, 2.75) is 44.2 Å². The summed E-state index contributed by atoms with van der Waals surface area (Å²) in [6, 6.07) is 0. The number of nitrogen functional groups attached to an aromatic ring is 1. The first kappa shape index (κ1) is 14.3. The number of fused-ring (bicyclic) bond motifs is 2. The van der Waals surface area contributed by atoms with Crippen LogP contribution in [0.4, 0.5) is 5.82 Å². The molecule has 2 aromatic rings. The maximum absolute atomic E-state index is 8.84. The van der Waals surface area contributed by atoms with Gasteiger partial charge in [-0.1, -0.05) is 5.16 Å². The molecule has 23 heavy (non-hydrogen) atoms. The molecular formula is C13H16N6O4. The predicted molar refractivity (Wildman–Crippen MR) is 77.7 cm³/mol. The molecule has 2 saturated heterocycles. The highest BCUT2D eigenvalue weighted by Gasteiger charge is 2.55. The van der Waals surface area contributed by atoms with E-state index in [0.29, 0.717) is 17.0 Å². The van der Waals surface area contributed by atoms with E-state index in [9.17, 15) is 0 Å². The molecule has 0 amide bonds. The fraction of sp³-hybridized carbons (Fsp3) is 0.538. The Balaban J connectivity index is 1.77. The number of oxime groups is 1. The van der Waals surface area contributed by atoms with Gasteiger partial charge in [-0.3, -0.25) is 4.57 Å². The van der Waals surface area contributed by atoms with Gasteiger partial charge in [0.2, 0.25) is 0 Å². The molecule has 0 aromatic carbocycles. The lowest BCUT2D eigenvalue weighted by atomic mass is 10.1. The van der Waals surface area contributed by atoms with Crippen LogP contribution >= 0.6 is 0 Å². The van der Waals surface area contributed by atoms with E-state index < -0.39 is 30.3 Å². The minimum atomic E-state index is -0.761. The molecule has 2 aliphatic heterocycles. The van der Waals surface area contributed by atoms with Crippen LogP contribution < -0.4 is 5.73 Å². The zero-order valence-corrected chi connectivity index (χ0v) is 12.5. The molecule has 10 heteroatoms. The largest absolute Gasteiger partial charge is 0.411 e. The molecule has 4 rings (SSSR count). The Kier molecular flexibility index (Phi) is 3.01. The fourth-order valence-corrected chi connectivity index (χ4v) is 3.07. The van der Waals surface area contributed by atoms with Gasteiger partial charge in [-0.15, -0.1) is 0 Å². The molecule has 2 aromatic heterocycles. The topological polar surface area (TPSA) is 130 Å². The number of aromatic nitrogens is 4. The van der Waals surface area contributed by atoms with E-state index in [1.165, 1.54) is 12.5 Å². The van der Waals surface area contributed by atoms with E-state index in [0.717, 1.165) is 0 Å². The highest BCUT2D eigenvalue weighted by Crippen LogP contribution is 2.43. The molecule has 0 radical (unpaired) electrons. The smallest absolute Gasteiger partial charge is 0.167 e. The first-order chi connectivity index (χ1) is 11.0. The summed E-state index contributed by atoms with van der Waals surface area (Å²) < 4.78 is 19.5. The zero-order chi connectivity index (χ0) is 16.2. The van der Waals surface area contributed by atoms with Gasteiger partial charge in [-0.25, -0.2) is 15.0 Å². The molecule has 4 heterocycles. The van der Waals surface area contributed by atoms with Crippen LogP contribution in [0.25, 0.3) is 11.2 Å². The molecule has 2 aliphatic rings. The SMILES string of the molecule is CC1(C)OC2C(/C=N\O)OC(n3cnc4c(N)ncnc43)C2O1. The van der Waals surface area contributed by atoms with Crippen LogP contribution in [0.5, 0.6) is 0 Å². The van der Waals surface area contributed by atoms with Crippen molar-refractivity contribution in [1.29, 1.82) is 0 Å².